The topological polar surface area (TPSA) is 62.3 Å². The van der Waals surface area contributed by atoms with Crippen LogP contribution in [-0.2, 0) is 6.42 Å². The minimum absolute atomic E-state index is 0.0211. The second-order valence-electron chi connectivity index (χ2n) is 9.31. The van der Waals surface area contributed by atoms with E-state index in [9.17, 15) is 9.59 Å². The normalized spacial score (nSPS) is 17.0. The molecule has 0 spiro atoms. The molecule has 2 fully saturated rings. The number of benzene rings is 1. The lowest BCUT2D eigenvalue weighted by Crippen LogP contribution is -2.44. The Bertz CT molecular complexity index is 994. The fourth-order valence-electron chi connectivity index (χ4n) is 4.79. The Balaban J connectivity index is 1.53. The van der Waals surface area contributed by atoms with Gasteiger partial charge in [0.15, 0.2) is 5.78 Å². The lowest BCUT2D eigenvalue weighted by atomic mass is 9.87. The summed E-state index contributed by atoms with van der Waals surface area (Å²) in [5.74, 6) is 0.507. The van der Waals surface area contributed by atoms with E-state index in [-0.39, 0.29) is 23.5 Å². The van der Waals surface area contributed by atoms with Gasteiger partial charge in [-0.05, 0) is 67.6 Å². The summed E-state index contributed by atoms with van der Waals surface area (Å²) in [4.78, 5) is 31.4. The second-order valence-corrected chi connectivity index (χ2v) is 9.31. The molecule has 1 aliphatic heterocycles. The van der Waals surface area contributed by atoms with E-state index in [1.54, 1.807) is 6.20 Å². The number of urea groups is 1. The summed E-state index contributed by atoms with van der Waals surface area (Å²) in [5.41, 5.74) is 2.98. The van der Waals surface area contributed by atoms with Crippen molar-refractivity contribution in [3.63, 3.8) is 0 Å². The molecule has 4 rings (SSSR count). The second kappa shape index (κ2) is 9.97. The zero-order valence-electron chi connectivity index (χ0n) is 19.3. The quantitative estimate of drug-likeness (QED) is 0.430. The number of aryl methyl sites for hydroxylation is 1. The van der Waals surface area contributed by atoms with Gasteiger partial charge in [0.2, 0.25) is 0 Å². The Morgan fingerprint density at radius 1 is 1.16 bits per heavy atom. The number of aromatic nitrogens is 1. The van der Waals surface area contributed by atoms with Crippen LogP contribution in [0.25, 0.3) is 10.9 Å². The standard InChI is InChI=1S/C26H34FN3O2/c1-3-5-10-28-26(32)30-11-8-18(9-12-30)20-14-21-19(4-2)22(25(31)13-17-6-7-17)16-29-24(21)15-23(20)27/h14-18H,3-13H2,1-2H3,(H,28,32). The Kier molecular flexibility index (Phi) is 7.07. The number of fused-ring (bicyclic) bond motifs is 1. The molecule has 1 aliphatic carbocycles. The van der Waals surface area contributed by atoms with E-state index in [0.717, 1.165) is 49.5 Å². The molecule has 5 nitrogen and oxygen atoms in total. The number of carbonyl (C=O) groups excluding carboxylic acids is 2. The molecule has 2 amide bonds. The van der Waals surface area contributed by atoms with Gasteiger partial charge < -0.3 is 10.2 Å². The number of pyridine rings is 1. The largest absolute Gasteiger partial charge is 0.338 e. The number of likely N-dealkylation sites (tertiary alicyclic amines) is 1. The van der Waals surface area contributed by atoms with Gasteiger partial charge in [0, 0.05) is 49.3 Å². The number of halogens is 1. The number of unbranched alkanes of at least 4 members (excludes halogenated alkanes) is 1. The highest BCUT2D eigenvalue weighted by Crippen LogP contribution is 2.36. The average Bonchev–Trinajstić information content (AvgIpc) is 3.62. The summed E-state index contributed by atoms with van der Waals surface area (Å²) in [6, 6.07) is 3.42. The number of ketones is 1. The van der Waals surface area contributed by atoms with Gasteiger partial charge in [-0.25, -0.2) is 9.18 Å². The van der Waals surface area contributed by atoms with Crippen molar-refractivity contribution >= 4 is 22.7 Å². The number of nitrogens with one attached hydrogen (secondary N) is 1. The number of rotatable bonds is 8. The van der Waals surface area contributed by atoms with E-state index in [1.165, 1.54) is 6.07 Å². The van der Waals surface area contributed by atoms with Gasteiger partial charge in [0.1, 0.15) is 5.82 Å². The van der Waals surface area contributed by atoms with Crippen LogP contribution in [0.1, 0.15) is 86.2 Å². The van der Waals surface area contributed by atoms with Crippen molar-refractivity contribution in [3.05, 3.63) is 40.8 Å². The number of nitrogens with zero attached hydrogens (tertiary/aromatic N) is 2. The maximum absolute atomic E-state index is 15.0. The number of hydrogen-bond acceptors (Lipinski definition) is 3. The molecular weight excluding hydrogens is 405 g/mol. The van der Waals surface area contributed by atoms with Crippen LogP contribution < -0.4 is 5.32 Å². The number of carbonyl (C=O) groups is 2. The minimum Gasteiger partial charge on any atom is -0.338 e. The van der Waals surface area contributed by atoms with Gasteiger partial charge in [-0.3, -0.25) is 9.78 Å². The predicted octanol–water partition coefficient (Wildman–Crippen LogP) is 5.61. The third-order valence-electron chi connectivity index (χ3n) is 6.95. The van der Waals surface area contributed by atoms with Crippen LogP contribution in [0, 0.1) is 11.7 Å². The van der Waals surface area contributed by atoms with Crippen LogP contribution in [0.2, 0.25) is 0 Å². The molecule has 32 heavy (non-hydrogen) atoms. The zero-order chi connectivity index (χ0) is 22.7. The van der Waals surface area contributed by atoms with Gasteiger partial charge >= 0.3 is 6.03 Å². The Morgan fingerprint density at radius 3 is 2.56 bits per heavy atom. The summed E-state index contributed by atoms with van der Waals surface area (Å²) in [7, 11) is 0. The number of hydrogen-bond donors (Lipinski definition) is 1. The molecule has 1 saturated carbocycles. The van der Waals surface area contributed by atoms with Crippen molar-refractivity contribution < 1.29 is 14.0 Å². The van der Waals surface area contributed by atoms with Gasteiger partial charge in [0.25, 0.3) is 0 Å². The first-order valence-electron chi connectivity index (χ1n) is 12.2. The first-order valence-corrected chi connectivity index (χ1v) is 12.2. The van der Waals surface area contributed by atoms with E-state index in [4.69, 9.17) is 0 Å². The first kappa shape index (κ1) is 22.7. The van der Waals surface area contributed by atoms with Gasteiger partial charge in [-0.2, -0.15) is 0 Å². The lowest BCUT2D eigenvalue weighted by Gasteiger charge is -2.32. The highest BCUT2D eigenvalue weighted by molar-refractivity contribution is 6.01. The maximum atomic E-state index is 15.0. The molecule has 1 N–H and O–H groups in total. The van der Waals surface area contributed by atoms with Gasteiger partial charge in [0.05, 0.1) is 5.52 Å². The molecule has 172 valence electrons. The molecule has 0 bridgehead atoms. The van der Waals surface area contributed by atoms with Crippen LogP contribution in [-0.4, -0.2) is 41.3 Å². The van der Waals surface area contributed by atoms with Crippen LogP contribution in [0.3, 0.4) is 0 Å². The Hall–Kier alpha value is -2.50. The fraction of sp³-hybridized carbons (Fsp3) is 0.577. The Morgan fingerprint density at radius 2 is 1.91 bits per heavy atom. The van der Waals surface area contributed by atoms with Crippen molar-refractivity contribution in [1.82, 2.24) is 15.2 Å². The molecule has 2 heterocycles. The average molecular weight is 440 g/mol. The summed E-state index contributed by atoms with van der Waals surface area (Å²) < 4.78 is 15.0. The van der Waals surface area contributed by atoms with E-state index in [2.05, 4.69) is 17.2 Å². The van der Waals surface area contributed by atoms with E-state index in [1.807, 2.05) is 17.9 Å². The molecular formula is C26H34FN3O2. The molecule has 0 unspecified atom stereocenters. The number of amides is 2. The third-order valence-corrected chi connectivity index (χ3v) is 6.95. The number of piperidine rings is 1. The minimum atomic E-state index is -0.241. The third kappa shape index (κ3) is 4.94. The predicted molar refractivity (Wildman–Crippen MR) is 125 cm³/mol. The molecule has 0 atom stereocenters. The monoisotopic (exact) mass is 439 g/mol. The van der Waals surface area contributed by atoms with Gasteiger partial charge in [-0.1, -0.05) is 20.3 Å². The number of Topliss-reactive ketones (excluding diaryl/α,β-unsaturated/α-hetero) is 1. The summed E-state index contributed by atoms with van der Waals surface area (Å²) in [5, 5.41) is 3.86. The SMILES string of the molecule is CCCCNC(=O)N1CCC(c2cc3c(CC)c(C(=O)CC4CC4)cnc3cc2F)CC1. The van der Waals surface area contributed by atoms with Crippen molar-refractivity contribution in [1.29, 1.82) is 0 Å². The molecule has 2 aliphatic rings. The molecule has 1 aromatic carbocycles. The van der Waals surface area contributed by atoms with Crippen molar-refractivity contribution in [2.75, 3.05) is 19.6 Å². The lowest BCUT2D eigenvalue weighted by molar-refractivity contribution is 0.0975. The fourth-order valence-corrected chi connectivity index (χ4v) is 4.79. The molecule has 6 heteroatoms. The molecule has 1 saturated heterocycles. The smallest absolute Gasteiger partial charge is 0.317 e. The van der Waals surface area contributed by atoms with E-state index >= 15 is 4.39 Å². The van der Waals surface area contributed by atoms with Crippen LogP contribution in [0.4, 0.5) is 9.18 Å². The van der Waals surface area contributed by atoms with Crippen molar-refractivity contribution in [2.45, 2.75) is 71.1 Å². The van der Waals surface area contributed by atoms with Crippen molar-refractivity contribution in [2.24, 2.45) is 5.92 Å². The molecule has 0 radical (unpaired) electrons. The van der Waals surface area contributed by atoms with E-state index < -0.39 is 0 Å². The summed E-state index contributed by atoms with van der Waals surface area (Å²) >= 11 is 0. The van der Waals surface area contributed by atoms with Crippen LogP contribution in [0.5, 0.6) is 0 Å². The summed E-state index contributed by atoms with van der Waals surface area (Å²) in [6.45, 7) is 6.09. The maximum Gasteiger partial charge on any atom is 0.317 e. The van der Waals surface area contributed by atoms with Gasteiger partial charge in [-0.15, -0.1) is 0 Å². The summed E-state index contributed by atoms with van der Waals surface area (Å²) in [6.07, 6.45) is 8.71. The first-order chi connectivity index (χ1) is 15.5. The zero-order valence-corrected chi connectivity index (χ0v) is 19.3. The molecule has 2 aromatic rings. The van der Waals surface area contributed by atoms with E-state index in [0.29, 0.717) is 55.0 Å². The highest BCUT2D eigenvalue weighted by Gasteiger charge is 2.28. The van der Waals surface area contributed by atoms with Crippen LogP contribution in [0.15, 0.2) is 18.3 Å². The highest BCUT2D eigenvalue weighted by atomic mass is 19.1. The molecule has 1 aromatic heterocycles. The van der Waals surface area contributed by atoms with Crippen LogP contribution >= 0.6 is 0 Å². The van der Waals surface area contributed by atoms with Crippen molar-refractivity contribution in [3.8, 4) is 0 Å². The Labute approximate surface area is 189 Å².